The summed E-state index contributed by atoms with van der Waals surface area (Å²) in [6.07, 6.45) is 12.6. The summed E-state index contributed by atoms with van der Waals surface area (Å²) in [7, 11) is 0. The lowest BCUT2D eigenvalue weighted by Gasteiger charge is -2.06. The number of aromatic nitrogens is 1. The zero-order valence-electron chi connectivity index (χ0n) is 19.2. The molecule has 0 aliphatic carbocycles. The molecule has 0 bridgehead atoms. The molecule has 4 heteroatoms. The maximum Gasteiger partial charge on any atom is 0.227 e. The molecule has 3 rings (SSSR count). The molecule has 31 heavy (non-hydrogen) atoms. The van der Waals surface area contributed by atoms with Crippen LogP contribution in [0.25, 0.3) is 22.6 Å². The zero-order chi connectivity index (χ0) is 21.7. The monoisotopic (exact) mass is 423 g/mol. The lowest BCUT2D eigenvalue weighted by atomic mass is 10.1. The molecule has 0 aliphatic heterocycles. The summed E-state index contributed by atoms with van der Waals surface area (Å²) >= 11 is 0. The second-order valence-corrected chi connectivity index (χ2v) is 8.20. The normalized spacial score (nSPS) is 11.2. The summed E-state index contributed by atoms with van der Waals surface area (Å²) in [6.45, 7) is 5.92. The van der Waals surface area contributed by atoms with Gasteiger partial charge in [-0.25, -0.2) is 4.98 Å². The minimum Gasteiger partial charge on any atom is -0.494 e. The summed E-state index contributed by atoms with van der Waals surface area (Å²) in [5, 5.41) is 0. The van der Waals surface area contributed by atoms with E-state index in [-0.39, 0.29) is 0 Å². The van der Waals surface area contributed by atoms with Crippen molar-refractivity contribution in [3.63, 3.8) is 0 Å². The minimum atomic E-state index is 0.621. The summed E-state index contributed by atoms with van der Waals surface area (Å²) < 4.78 is 17.6. The quantitative estimate of drug-likeness (QED) is 0.231. The van der Waals surface area contributed by atoms with Crippen molar-refractivity contribution in [3.8, 4) is 23.0 Å². The number of hydrogen-bond donors (Lipinski definition) is 0. The van der Waals surface area contributed by atoms with Gasteiger partial charge < -0.3 is 13.9 Å². The van der Waals surface area contributed by atoms with Crippen LogP contribution in [0.3, 0.4) is 0 Å². The summed E-state index contributed by atoms with van der Waals surface area (Å²) in [6, 6.07) is 13.8. The number of fused-ring (bicyclic) bond motifs is 1. The Hall–Kier alpha value is -2.49. The minimum absolute atomic E-state index is 0.621. The molecule has 3 aromatic rings. The topological polar surface area (TPSA) is 44.5 Å². The van der Waals surface area contributed by atoms with E-state index in [1.165, 1.54) is 44.9 Å². The van der Waals surface area contributed by atoms with Crippen LogP contribution >= 0.6 is 0 Å². The van der Waals surface area contributed by atoms with Gasteiger partial charge in [-0.2, -0.15) is 0 Å². The third kappa shape index (κ3) is 7.61. The molecule has 1 heterocycles. The van der Waals surface area contributed by atoms with E-state index in [1.54, 1.807) is 0 Å². The predicted octanol–water partition coefficient (Wildman–Crippen LogP) is 8.19. The Labute approximate surface area is 187 Å². The lowest BCUT2D eigenvalue weighted by molar-refractivity contribution is 0.304. The molecule has 0 aliphatic rings. The molecule has 0 amide bonds. The molecule has 1 aromatic heterocycles. The molecule has 168 valence electrons. The highest BCUT2D eigenvalue weighted by Gasteiger charge is 2.09. The first-order valence-electron chi connectivity index (χ1n) is 12.1. The molecule has 0 saturated heterocycles. The van der Waals surface area contributed by atoms with Gasteiger partial charge in [0, 0.05) is 11.6 Å². The molecule has 4 nitrogen and oxygen atoms in total. The smallest absolute Gasteiger partial charge is 0.227 e. The third-order valence-electron chi connectivity index (χ3n) is 5.49. The average molecular weight is 424 g/mol. The molecule has 0 fully saturated rings. The van der Waals surface area contributed by atoms with Crippen LogP contribution in [-0.4, -0.2) is 18.2 Å². The number of nitrogens with zero attached hydrogens (tertiary/aromatic N) is 1. The predicted molar refractivity (Wildman–Crippen MR) is 128 cm³/mol. The van der Waals surface area contributed by atoms with Crippen LogP contribution in [0.2, 0.25) is 0 Å². The molecule has 0 radical (unpaired) electrons. The van der Waals surface area contributed by atoms with Crippen LogP contribution in [0.1, 0.15) is 78.1 Å². The summed E-state index contributed by atoms with van der Waals surface area (Å²) in [4.78, 5) is 4.64. The Morgan fingerprint density at radius 1 is 0.677 bits per heavy atom. The van der Waals surface area contributed by atoms with E-state index in [4.69, 9.17) is 13.9 Å². The van der Waals surface area contributed by atoms with Crippen LogP contribution in [0.4, 0.5) is 0 Å². The van der Waals surface area contributed by atoms with Gasteiger partial charge in [0.2, 0.25) is 5.89 Å². The van der Waals surface area contributed by atoms with Gasteiger partial charge in [-0.05, 0) is 49.2 Å². The second kappa shape index (κ2) is 13.0. The fourth-order valence-electron chi connectivity index (χ4n) is 3.57. The van der Waals surface area contributed by atoms with Gasteiger partial charge in [0.05, 0.1) is 13.2 Å². The highest BCUT2D eigenvalue weighted by molar-refractivity contribution is 5.77. The fourth-order valence-corrected chi connectivity index (χ4v) is 3.57. The molecule has 0 saturated carbocycles. The first kappa shape index (κ1) is 23.2. The Bertz CT molecular complexity index is 885. The second-order valence-electron chi connectivity index (χ2n) is 8.20. The molecule has 0 spiro atoms. The van der Waals surface area contributed by atoms with Gasteiger partial charge in [-0.15, -0.1) is 0 Å². The Morgan fingerprint density at radius 2 is 1.29 bits per heavy atom. The van der Waals surface area contributed by atoms with Crippen molar-refractivity contribution in [1.29, 1.82) is 0 Å². The van der Waals surface area contributed by atoms with E-state index >= 15 is 0 Å². The van der Waals surface area contributed by atoms with Crippen LogP contribution in [0, 0.1) is 0 Å². The van der Waals surface area contributed by atoms with Crippen LogP contribution < -0.4 is 9.47 Å². The zero-order valence-corrected chi connectivity index (χ0v) is 19.2. The van der Waals surface area contributed by atoms with E-state index < -0.39 is 0 Å². The van der Waals surface area contributed by atoms with Gasteiger partial charge in [-0.1, -0.05) is 65.2 Å². The van der Waals surface area contributed by atoms with Crippen molar-refractivity contribution in [2.24, 2.45) is 0 Å². The van der Waals surface area contributed by atoms with Gasteiger partial charge in [0.1, 0.15) is 17.0 Å². The highest BCUT2D eigenvalue weighted by Crippen LogP contribution is 2.28. The Morgan fingerprint density at radius 3 is 2.03 bits per heavy atom. The van der Waals surface area contributed by atoms with E-state index in [0.717, 1.165) is 60.6 Å². The van der Waals surface area contributed by atoms with Crippen LogP contribution in [-0.2, 0) is 0 Å². The highest BCUT2D eigenvalue weighted by atomic mass is 16.5. The molecule has 0 N–H and O–H groups in total. The lowest BCUT2D eigenvalue weighted by Crippen LogP contribution is -1.97. The van der Waals surface area contributed by atoms with Crippen molar-refractivity contribution < 1.29 is 13.9 Å². The molecular weight excluding hydrogens is 386 g/mol. The number of oxazole rings is 1. The Kier molecular flexibility index (Phi) is 9.75. The number of benzene rings is 2. The van der Waals surface area contributed by atoms with E-state index in [2.05, 4.69) is 18.8 Å². The number of hydrogen-bond acceptors (Lipinski definition) is 4. The molecule has 0 atom stereocenters. The fraction of sp³-hybridized carbons (Fsp3) is 0.519. The van der Waals surface area contributed by atoms with Crippen molar-refractivity contribution in [1.82, 2.24) is 4.98 Å². The standard InChI is InChI=1S/C27H37NO3/c1-3-5-7-8-9-10-11-12-20-29-23-15-13-22(14-16-23)27-28-25-21-24(30-19-6-4-2)17-18-26(25)31-27/h13-18,21H,3-12,19-20H2,1-2H3. The van der Waals surface area contributed by atoms with Crippen molar-refractivity contribution in [3.05, 3.63) is 42.5 Å². The van der Waals surface area contributed by atoms with Gasteiger partial charge in [0.25, 0.3) is 0 Å². The number of rotatable bonds is 15. The maximum absolute atomic E-state index is 5.93. The number of ether oxygens (including phenoxy) is 2. The van der Waals surface area contributed by atoms with Crippen LogP contribution in [0.15, 0.2) is 46.9 Å². The van der Waals surface area contributed by atoms with Crippen molar-refractivity contribution in [2.45, 2.75) is 78.1 Å². The Balaban J connectivity index is 1.44. The first-order valence-corrected chi connectivity index (χ1v) is 12.1. The largest absolute Gasteiger partial charge is 0.494 e. The molecule has 0 unspecified atom stereocenters. The average Bonchev–Trinajstić information content (AvgIpc) is 3.22. The summed E-state index contributed by atoms with van der Waals surface area (Å²) in [5.41, 5.74) is 2.54. The molecular formula is C27H37NO3. The van der Waals surface area contributed by atoms with E-state index in [0.29, 0.717) is 5.89 Å². The van der Waals surface area contributed by atoms with Crippen molar-refractivity contribution >= 4 is 11.1 Å². The first-order chi connectivity index (χ1) is 15.3. The van der Waals surface area contributed by atoms with Gasteiger partial charge >= 0.3 is 0 Å². The third-order valence-corrected chi connectivity index (χ3v) is 5.49. The molecule has 2 aromatic carbocycles. The van der Waals surface area contributed by atoms with Crippen LogP contribution in [0.5, 0.6) is 11.5 Å². The van der Waals surface area contributed by atoms with E-state index in [1.807, 2.05) is 42.5 Å². The summed E-state index contributed by atoms with van der Waals surface area (Å²) in [5.74, 6) is 2.36. The van der Waals surface area contributed by atoms with E-state index in [9.17, 15) is 0 Å². The number of unbranched alkanes of at least 4 members (excludes halogenated alkanes) is 8. The van der Waals surface area contributed by atoms with Crippen molar-refractivity contribution in [2.75, 3.05) is 13.2 Å². The SMILES string of the molecule is CCCCCCCCCCOc1ccc(-c2nc3cc(OCCCC)ccc3o2)cc1. The maximum atomic E-state index is 5.93. The van der Waals surface area contributed by atoms with Gasteiger partial charge in [0.15, 0.2) is 5.58 Å². The van der Waals surface area contributed by atoms with Gasteiger partial charge in [-0.3, -0.25) is 0 Å².